The summed E-state index contributed by atoms with van der Waals surface area (Å²) in [6, 6.07) is 0. The fraction of sp³-hybridized carbons (Fsp3) is 0.917. The molecule has 4 nitrogen and oxygen atoms in total. The highest BCUT2D eigenvalue weighted by Crippen LogP contribution is 2.15. The van der Waals surface area contributed by atoms with Crippen molar-refractivity contribution in [1.82, 2.24) is 5.32 Å². The molecule has 0 saturated carbocycles. The standard InChI is InChI=1S/C12H26BNO3/c1-5-6-7-9(2)8-10(3)17-12(15)14-11(4)13-16/h9-11,13,16H,5-8H2,1-4H3,(H,14,15). The minimum absolute atomic E-state index is 0.0730. The first-order valence-electron chi connectivity index (χ1n) is 6.57. The van der Waals surface area contributed by atoms with Crippen LogP contribution in [0, 0.1) is 5.92 Å². The van der Waals surface area contributed by atoms with Crippen molar-refractivity contribution in [3.8, 4) is 0 Å². The number of unbranched alkanes of at least 4 members (excludes halogenated alkanes) is 1. The Morgan fingerprint density at radius 2 is 2.06 bits per heavy atom. The summed E-state index contributed by atoms with van der Waals surface area (Å²) in [7, 11) is -0.0730. The molecule has 0 aromatic rings. The number of ether oxygens (including phenoxy) is 1. The topological polar surface area (TPSA) is 58.6 Å². The molecule has 0 heterocycles. The molecule has 3 unspecified atom stereocenters. The Morgan fingerprint density at radius 3 is 2.59 bits per heavy atom. The third-order valence-electron chi connectivity index (χ3n) is 2.73. The molecule has 0 aromatic heterocycles. The maximum atomic E-state index is 11.4. The van der Waals surface area contributed by atoms with E-state index in [0.717, 1.165) is 6.42 Å². The predicted molar refractivity (Wildman–Crippen MR) is 71.2 cm³/mol. The van der Waals surface area contributed by atoms with Crippen molar-refractivity contribution in [2.45, 2.75) is 65.4 Å². The number of carbonyl (C=O) groups excluding carboxylic acids is 1. The molecule has 0 rings (SSSR count). The zero-order valence-corrected chi connectivity index (χ0v) is 11.5. The van der Waals surface area contributed by atoms with Crippen LogP contribution >= 0.6 is 0 Å². The highest BCUT2D eigenvalue weighted by atomic mass is 16.6. The van der Waals surface area contributed by atoms with Gasteiger partial charge in [-0.05, 0) is 26.2 Å². The summed E-state index contributed by atoms with van der Waals surface area (Å²) in [4.78, 5) is 11.4. The minimum atomic E-state index is -0.443. The Labute approximate surface area is 105 Å². The van der Waals surface area contributed by atoms with Crippen LogP contribution in [0.2, 0.25) is 0 Å². The van der Waals surface area contributed by atoms with E-state index in [1.54, 1.807) is 6.92 Å². The Bertz CT molecular complexity index is 214. The largest absolute Gasteiger partial charge is 0.452 e. The second-order valence-corrected chi connectivity index (χ2v) is 4.93. The van der Waals surface area contributed by atoms with Crippen LogP contribution < -0.4 is 5.32 Å². The molecule has 0 aliphatic rings. The van der Waals surface area contributed by atoms with E-state index in [-0.39, 0.29) is 19.5 Å². The molecule has 0 radical (unpaired) electrons. The average Bonchev–Trinajstić information content (AvgIpc) is 2.25. The number of carbonyl (C=O) groups is 1. The Hall–Kier alpha value is -0.705. The predicted octanol–water partition coefficient (Wildman–Crippen LogP) is 2.01. The molecular weight excluding hydrogens is 217 g/mol. The van der Waals surface area contributed by atoms with Gasteiger partial charge in [-0.25, -0.2) is 4.79 Å². The van der Waals surface area contributed by atoms with Crippen molar-refractivity contribution in [3.63, 3.8) is 0 Å². The Morgan fingerprint density at radius 1 is 1.41 bits per heavy atom. The molecule has 1 amide bonds. The zero-order valence-electron chi connectivity index (χ0n) is 11.5. The quantitative estimate of drug-likeness (QED) is 0.641. The van der Waals surface area contributed by atoms with Gasteiger partial charge in [-0.15, -0.1) is 0 Å². The normalized spacial score (nSPS) is 15.8. The fourth-order valence-corrected chi connectivity index (χ4v) is 1.75. The van der Waals surface area contributed by atoms with Gasteiger partial charge in [0, 0.05) is 5.94 Å². The highest BCUT2D eigenvalue weighted by Gasteiger charge is 2.14. The van der Waals surface area contributed by atoms with Gasteiger partial charge in [-0.1, -0.05) is 33.1 Å². The van der Waals surface area contributed by atoms with Crippen LogP contribution in [0.25, 0.3) is 0 Å². The minimum Gasteiger partial charge on any atom is -0.452 e. The van der Waals surface area contributed by atoms with E-state index in [9.17, 15) is 4.79 Å². The number of nitrogens with one attached hydrogen (secondary N) is 1. The molecule has 0 aliphatic heterocycles. The van der Waals surface area contributed by atoms with Crippen molar-refractivity contribution >= 4 is 13.6 Å². The lowest BCUT2D eigenvalue weighted by Gasteiger charge is -2.19. The smallest absolute Gasteiger partial charge is 0.407 e. The number of rotatable bonds is 8. The van der Waals surface area contributed by atoms with Gasteiger partial charge in [0.25, 0.3) is 7.48 Å². The third-order valence-corrected chi connectivity index (χ3v) is 2.73. The molecule has 0 saturated heterocycles. The lowest BCUT2D eigenvalue weighted by molar-refractivity contribution is 0.0921. The summed E-state index contributed by atoms with van der Waals surface area (Å²) in [5.74, 6) is 0.320. The summed E-state index contributed by atoms with van der Waals surface area (Å²) >= 11 is 0. The van der Waals surface area contributed by atoms with E-state index in [4.69, 9.17) is 9.76 Å². The summed E-state index contributed by atoms with van der Waals surface area (Å²) in [6.45, 7) is 8.00. The third kappa shape index (κ3) is 9.04. The average molecular weight is 243 g/mol. The number of alkyl carbamates (subject to hydrolysis) is 1. The lowest BCUT2D eigenvalue weighted by atomic mass is 9.91. The van der Waals surface area contributed by atoms with Gasteiger partial charge in [-0.3, -0.25) is 0 Å². The summed E-state index contributed by atoms with van der Waals surface area (Å²) in [5, 5.41) is 11.4. The zero-order chi connectivity index (χ0) is 13.3. The molecule has 3 atom stereocenters. The molecule has 0 fully saturated rings. The van der Waals surface area contributed by atoms with Crippen LogP contribution in [-0.4, -0.2) is 30.6 Å². The Balaban J connectivity index is 3.76. The van der Waals surface area contributed by atoms with Crippen molar-refractivity contribution < 1.29 is 14.6 Å². The molecule has 0 spiro atoms. The second kappa shape index (κ2) is 9.34. The van der Waals surface area contributed by atoms with E-state index in [1.165, 1.54) is 19.3 Å². The fourth-order valence-electron chi connectivity index (χ4n) is 1.75. The van der Waals surface area contributed by atoms with Gasteiger partial charge in [0.2, 0.25) is 0 Å². The monoisotopic (exact) mass is 243 g/mol. The molecule has 100 valence electrons. The van der Waals surface area contributed by atoms with E-state index in [1.807, 2.05) is 6.92 Å². The first kappa shape index (κ1) is 16.3. The van der Waals surface area contributed by atoms with Gasteiger partial charge >= 0.3 is 6.09 Å². The second-order valence-electron chi connectivity index (χ2n) is 4.93. The van der Waals surface area contributed by atoms with Gasteiger partial charge in [-0.2, -0.15) is 0 Å². The SMILES string of the molecule is CCCCC(C)CC(C)OC(=O)NC(C)BO. The summed E-state index contributed by atoms with van der Waals surface area (Å²) in [5.41, 5.74) is 0. The van der Waals surface area contributed by atoms with Gasteiger partial charge in [0.15, 0.2) is 0 Å². The van der Waals surface area contributed by atoms with E-state index >= 15 is 0 Å². The summed E-state index contributed by atoms with van der Waals surface area (Å²) in [6.07, 6.45) is 3.98. The van der Waals surface area contributed by atoms with Crippen molar-refractivity contribution in [2.75, 3.05) is 0 Å². The number of hydrogen-bond acceptors (Lipinski definition) is 3. The molecule has 17 heavy (non-hydrogen) atoms. The van der Waals surface area contributed by atoms with E-state index in [0.29, 0.717) is 5.92 Å². The van der Waals surface area contributed by atoms with Gasteiger partial charge in [0.05, 0.1) is 0 Å². The molecular formula is C12H26BNO3. The van der Waals surface area contributed by atoms with Gasteiger partial charge < -0.3 is 15.1 Å². The molecule has 0 bridgehead atoms. The molecule has 2 N–H and O–H groups in total. The van der Waals surface area contributed by atoms with Gasteiger partial charge in [0.1, 0.15) is 6.10 Å². The van der Waals surface area contributed by atoms with Crippen LogP contribution in [0.1, 0.15) is 53.4 Å². The Kier molecular flexibility index (Phi) is 8.95. The maximum absolute atomic E-state index is 11.4. The maximum Gasteiger partial charge on any atom is 0.407 e. The lowest BCUT2D eigenvalue weighted by Crippen LogP contribution is -2.38. The molecule has 0 aliphatic carbocycles. The van der Waals surface area contributed by atoms with Crippen molar-refractivity contribution in [1.29, 1.82) is 0 Å². The van der Waals surface area contributed by atoms with Crippen molar-refractivity contribution in [2.24, 2.45) is 5.92 Å². The van der Waals surface area contributed by atoms with Crippen LogP contribution in [0.15, 0.2) is 0 Å². The van der Waals surface area contributed by atoms with Crippen LogP contribution in [-0.2, 0) is 4.74 Å². The number of hydrogen-bond donors (Lipinski definition) is 2. The van der Waals surface area contributed by atoms with Crippen LogP contribution in [0.4, 0.5) is 4.79 Å². The number of amides is 1. The first-order valence-corrected chi connectivity index (χ1v) is 6.57. The van der Waals surface area contributed by atoms with Crippen LogP contribution in [0.5, 0.6) is 0 Å². The van der Waals surface area contributed by atoms with Crippen LogP contribution in [0.3, 0.4) is 0 Å². The van der Waals surface area contributed by atoms with E-state index < -0.39 is 6.09 Å². The first-order chi connectivity index (χ1) is 7.99. The highest BCUT2D eigenvalue weighted by molar-refractivity contribution is 6.28. The molecule has 5 heteroatoms. The summed E-state index contributed by atoms with van der Waals surface area (Å²) < 4.78 is 5.21. The van der Waals surface area contributed by atoms with Crippen molar-refractivity contribution in [3.05, 3.63) is 0 Å². The van der Waals surface area contributed by atoms with E-state index in [2.05, 4.69) is 19.2 Å². The molecule has 0 aromatic carbocycles.